The molecule has 1 unspecified atom stereocenters. The lowest BCUT2D eigenvalue weighted by molar-refractivity contribution is -0.165. The van der Waals surface area contributed by atoms with Gasteiger partial charge in [0, 0.05) is 59.2 Å². The summed E-state index contributed by atoms with van der Waals surface area (Å²) in [5.41, 5.74) is -0.398. The van der Waals surface area contributed by atoms with Crippen molar-refractivity contribution in [1.82, 2.24) is 24.5 Å². The number of hydrogen-bond acceptors (Lipinski definition) is 15. The molecule has 450 valence electrons. The highest BCUT2D eigenvalue weighted by atomic mass is 16.5. The zero-order valence-electron chi connectivity index (χ0n) is 50.0. The zero-order valence-corrected chi connectivity index (χ0v) is 50.0. The van der Waals surface area contributed by atoms with Crippen molar-refractivity contribution in [2.24, 2.45) is 11.3 Å². The first-order chi connectivity index (χ1) is 39.3. The third-order valence-corrected chi connectivity index (χ3v) is 15.3. The van der Waals surface area contributed by atoms with Gasteiger partial charge in [0.2, 0.25) is 23.5 Å². The Morgan fingerprint density at radius 2 is 1.37 bits per heavy atom. The van der Waals surface area contributed by atoms with Crippen LogP contribution >= 0.6 is 0 Å². The molecular formula is C63H83N5O15. The molecule has 0 spiro atoms. The van der Waals surface area contributed by atoms with Crippen molar-refractivity contribution in [3.8, 4) is 17.2 Å². The highest BCUT2D eigenvalue weighted by molar-refractivity contribution is 6.38. The van der Waals surface area contributed by atoms with Crippen molar-refractivity contribution >= 4 is 53.0 Å². The molecule has 0 saturated carbocycles. The summed E-state index contributed by atoms with van der Waals surface area (Å²) in [5, 5.41) is 0. The van der Waals surface area contributed by atoms with Crippen LogP contribution in [0.4, 0.5) is 0 Å². The van der Waals surface area contributed by atoms with Crippen LogP contribution in [0.15, 0.2) is 84.9 Å². The number of amides is 5. The molecule has 3 aromatic carbocycles. The molecular weight excluding hydrogens is 1070 g/mol. The van der Waals surface area contributed by atoms with E-state index in [4.69, 9.17) is 28.4 Å². The van der Waals surface area contributed by atoms with E-state index in [1.807, 2.05) is 32.9 Å². The average Bonchev–Trinajstić information content (AvgIpc) is 4.09. The van der Waals surface area contributed by atoms with Crippen LogP contribution < -0.4 is 14.2 Å². The molecule has 20 heteroatoms. The number of methoxy groups -OCH3 is 2. The number of ketones is 2. The minimum atomic E-state index is -1.49. The van der Waals surface area contributed by atoms with Gasteiger partial charge in [0.25, 0.3) is 11.8 Å². The van der Waals surface area contributed by atoms with E-state index in [-0.39, 0.29) is 63.6 Å². The van der Waals surface area contributed by atoms with Crippen LogP contribution in [0.5, 0.6) is 17.2 Å². The molecule has 0 aromatic heterocycles. The number of nitrogens with zero attached hydrogens (tertiary/aromatic N) is 5. The minimum Gasteiger partial charge on any atom is -0.493 e. The van der Waals surface area contributed by atoms with E-state index in [9.17, 15) is 38.4 Å². The van der Waals surface area contributed by atoms with Crippen LogP contribution in [0, 0.1) is 11.3 Å². The number of esters is 2. The standard InChI is InChI=1S/C63H83N5O15/c1-41-35-45(69)38-80-46-24-19-23-44(37-46)50(30-28-42-29-31-51(78-10)52(36-42)79-11)83-61(77)48-25-15-18-33-68(48)60(76)55(71)63(5,6)40-81-53(70)27-16-17-32-64(7)57(73)47-26-20-34-67(47)58(74)49(39-82-62(2,3)4)65(8)59(75)54(66(9)56(41)72)43-21-13-12-14-22-43/h12-14,16,19,21-24,27,29,31,36-37,41,47-50,54H,15,17-18,20,25-26,28,30,32-35,38-40H2,1-11H3/t41-,47+,48+,49+,50-,54?/m1/s1. The number of ether oxygens (including phenoxy) is 6. The molecule has 6 atom stereocenters. The van der Waals surface area contributed by atoms with Gasteiger partial charge in [-0.25, -0.2) is 9.59 Å². The van der Waals surface area contributed by atoms with E-state index in [1.165, 1.54) is 78.8 Å². The molecule has 3 aromatic rings. The fourth-order valence-electron chi connectivity index (χ4n) is 10.5. The smallest absolute Gasteiger partial charge is 0.330 e. The summed E-state index contributed by atoms with van der Waals surface area (Å²) in [6, 6.07) is 16.4. The number of cyclic esters (lactones) is 2. The van der Waals surface area contributed by atoms with Crippen molar-refractivity contribution in [3.05, 3.63) is 102 Å². The second-order valence-corrected chi connectivity index (χ2v) is 23.3. The van der Waals surface area contributed by atoms with Gasteiger partial charge in [0.05, 0.1) is 31.8 Å². The predicted molar refractivity (Wildman–Crippen MR) is 307 cm³/mol. The Kier molecular flexibility index (Phi) is 22.6. The van der Waals surface area contributed by atoms with E-state index >= 15 is 4.79 Å². The Morgan fingerprint density at radius 3 is 2.07 bits per heavy atom. The summed E-state index contributed by atoms with van der Waals surface area (Å²) < 4.78 is 35.0. The Morgan fingerprint density at radius 1 is 0.687 bits per heavy atom. The largest absolute Gasteiger partial charge is 0.493 e. The molecule has 20 nitrogen and oxygen atoms in total. The predicted octanol–water partition coefficient (Wildman–Crippen LogP) is 6.67. The molecule has 2 saturated heterocycles. The number of likely N-dealkylation sites (N-methyl/N-ethyl adjacent to an activating group) is 3. The molecule has 6 rings (SSSR count). The fourth-order valence-corrected chi connectivity index (χ4v) is 10.5. The number of carbonyl (C=O) groups excluding carboxylic acids is 9. The van der Waals surface area contributed by atoms with Crippen LogP contribution in [0.2, 0.25) is 0 Å². The Balaban J connectivity index is 1.32. The quantitative estimate of drug-likeness (QED) is 0.170. The number of carbonyl (C=O) groups is 9. The number of Topliss-reactive ketones (excluding diaryl/α,β-unsaturated/α-hetero) is 2. The van der Waals surface area contributed by atoms with E-state index in [0.717, 1.165) is 5.56 Å². The number of fused-ring (bicyclic) bond motifs is 4. The van der Waals surface area contributed by atoms with Crippen molar-refractivity contribution in [3.63, 3.8) is 0 Å². The summed E-state index contributed by atoms with van der Waals surface area (Å²) >= 11 is 0. The number of piperidine rings is 1. The number of aryl methyl sites for hydroxylation is 1. The molecule has 0 N–H and O–H groups in total. The summed E-state index contributed by atoms with van der Waals surface area (Å²) in [4.78, 5) is 135. The third-order valence-electron chi connectivity index (χ3n) is 15.3. The second kappa shape index (κ2) is 29.1. The molecule has 0 aliphatic carbocycles. The van der Waals surface area contributed by atoms with Gasteiger partial charge in [-0.05, 0) is 127 Å². The second-order valence-electron chi connectivity index (χ2n) is 23.3. The molecule has 83 heavy (non-hydrogen) atoms. The van der Waals surface area contributed by atoms with Crippen LogP contribution in [-0.2, 0) is 63.8 Å². The number of hydrogen-bond donors (Lipinski definition) is 0. The van der Waals surface area contributed by atoms with Crippen LogP contribution in [-0.4, -0.2) is 176 Å². The molecule has 5 amide bonds. The van der Waals surface area contributed by atoms with Crippen LogP contribution in [0.3, 0.4) is 0 Å². The molecule has 0 radical (unpaired) electrons. The monoisotopic (exact) mass is 1150 g/mol. The van der Waals surface area contributed by atoms with Gasteiger partial charge in [0.15, 0.2) is 17.3 Å². The van der Waals surface area contributed by atoms with Crippen molar-refractivity contribution < 1.29 is 71.6 Å². The van der Waals surface area contributed by atoms with Crippen molar-refractivity contribution in [2.45, 2.75) is 135 Å². The highest BCUT2D eigenvalue weighted by Crippen LogP contribution is 2.34. The van der Waals surface area contributed by atoms with Crippen molar-refractivity contribution in [1.29, 1.82) is 0 Å². The van der Waals surface area contributed by atoms with E-state index in [2.05, 4.69) is 0 Å². The average molecular weight is 1150 g/mol. The first kappa shape index (κ1) is 64.6. The lowest BCUT2D eigenvalue weighted by Crippen LogP contribution is -2.57. The van der Waals surface area contributed by atoms with Gasteiger partial charge in [-0.15, -0.1) is 0 Å². The lowest BCUT2D eigenvalue weighted by Gasteiger charge is -2.38. The van der Waals surface area contributed by atoms with Gasteiger partial charge in [-0.3, -0.25) is 33.6 Å². The van der Waals surface area contributed by atoms with Crippen LogP contribution in [0.1, 0.15) is 122 Å². The van der Waals surface area contributed by atoms with E-state index in [1.54, 1.807) is 74.6 Å². The summed E-state index contributed by atoms with van der Waals surface area (Å²) in [6.45, 7) is 9.42. The Bertz CT molecular complexity index is 2850. The van der Waals surface area contributed by atoms with Crippen LogP contribution in [0.25, 0.3) is 0 Å². The molecule has 3 aliphatic heterocycles. The van der Waals surface area contributed by atoms with Gasteiger partial charge in [0.1, 0.15) is 49.2 Å². The Labute approximate surface area is 487 Å². The molecule has 2 bridgehead atoms. The maximum Gasteiger partial charge on any atom is 0.330 e. The summed E-state index contributed by atoms with van der Waals surface area (Å²) in [7, 11) is 7.61. The fraction of sp³-hybridized carbons (Fsp3) is 0.540. The Hall–Kier alpha value is -7.61. The third kappa shape index (κ3) is 17.0. The topological polar surface area (TPSA) is 225 Å². The zero-order chi connectivity index (χ0) is 60.8. The van der Waals surface area contributed by atoms with Gasteiger partial charge < -0.3 is 52.9 Å². The first-order valence-corrected chi connectivity index (χ1v) is 28.5. The number of rotatable bonds is 8. The minimum absolute atomic E-state index is 0.110. The molecule has 3 heterocycles. The normalized spacial score (nSPS) is 23.9. The summed E-state index contributed by atoms with van der Waals surface area (Å²) in [6.07, 6.45) is 4.62. The van der Waals surface area contributed by atoms with Crippen molar-refractivity contribution in [2.75, 3.05) is 74.8 Å². The lowest BCUT2D eigenvalue weighted by atomic mass is 9.87. The van der Waals surface area contributed by atoms with Gasteiger partial charge in [-0.1, -0.05) is 61.5 Å². The van der Waals surface area contributed by atoms with Gasteiger partial charge in [-0.2, -0.15) is 0 Å². The first-order valence-electron chi connectivity index (χ1n) is 28.5. The SMILES string of the molecule is COc1ccc(CC[C@H]2OC(=O)[C@@H]3CCCCN3C(=O)C(=O)C(C)(C)COC(=O)C=CCCN(C)C(=O)[C@@H]3CCCN3C(=O)[C@H](COC(C)(C)C)N(C)C(=O)C(c3ccccc3)N(C)C(=O)[C@H](C)CC(=O)COc3cccc2c3)cc1OC. The molecule has 2 fully saturated rings. The highest BCUT2D eigenvalue weighted by Gasteiger charge is 2.45. The molecule has 3 aliphatic rings. The number of benzene rings is 3. The van der Waals surface area contributed by atoms with Gasteiger partial charge >= 0.3 is 11.9 Å². The maximum atomic E-state index is 15.0. The van der Waals surface area contributed by atoms with E-state index < -0.39 is 108 Å². The maximum absolute atomic E-state index is 15.0. The van der Waals surface area contributed by atoms with E-state index in [0.29, 0.717) is 54.7 Å². The summed E-state index contributed by atoms with van der Waals surface area (Å²) in [5.74, 6) is -5.29.